The average molecular weight is 510 g/mol. The van der Waals surface area contributed by atoms with Crippen molar-refractivity contribution in [3.63, 3.8) is 0 Å². The molecule has 0 aromatic heterocycles. The molecule has 1 aliphatic rings. The number of aryl methyl sites for hydroxylation is 4. The van der Waals surface area contributed by atoms with E-state index in [1.165, 1.54) is 44.9 Å². The van der Waals surface area contributed by atoms with Crippen molar-refractivity contribution in [1.29, 1.82) is 0 Å². The molecule has 4 aromatic rings. The molecule has 182 valence electrons. The average Bonchev–Trinajstić information content (AvgIpc) is 3.33. The van der Waals surface area contributed by atoms with Crippen molar-refractivity contribution in [3.05, 3.63) is 119 Å². The zero-order chi connectivity index (χ0) is 24.7. The molecular formula is C32H31NOS2. The molecule has 5 rings (SSSR count). The van der Waals surface area contributed by atoms with Gasteiger partial charge >= 0.3 is 0 Å². The van der Waals surface area contributed by atoms with Gasteiger partial charge in [-0.1, -0.05) is 59.7 Å². The standard InChI is InChI=1S/C32H31NOS2/c1-23-9-6-15-29(19-23)35-32(36-30-16-7-10-24(2)20-30)22-31(34-28-13-4-3-5-14-28)33-27-18-17-25-11-8-12-26(25)21-27/h3-7,9-10,13-21,32H,8,11-12,22H2,1-2H3. The molecule has 0 atom stereocenters. The predicted octanol–water partition coefficient (Wildman–Crippen LogP) is 9.20. The van der Waals surface area contributed by atoms with Gasteiger partial charge in [-0.3, -0.25) is 0 Å². The molecule has 4 heteroatoms. The lowest BCUT2D eigenvalue weighted by Crippen LogP contribution is -2.14. The fourth-order valence-corrected chi connectivity index (χ4v) is 7.18. The van der Waals surface area contributed by atoms with Crippen LogP contribution in [0.25, 0.3) is 0 Å². The van der Waals surface area contributed by atoms with Crippen LogP contribution >= 0.6 is 23.5 Å². The van der Waals surface area contributed by atoms with Crippen LogP contribution in [-0.2, 0) is 12.8 Å². The van der Waals surface area contributed by atoms with Crippen molar-refractivity contribution in [1.82, 2.24) is 0 Å². The van der Waals surface area contributed by atoms with E-state index in [-0.39, 0.29) is 4.58 Å². The second kappa shape index (κ2) is 11.9. The largest absolute Gasteiger partial charge is 0.443 e. The fourth-order valence-electron chi connectivity index (χ4n) is 4.44. The molecule has 0 spiro atoms. The summed E-state index contributed by atoms with van der Waals surface area (Å²) >= 11 is 3.75. The van der Waals surface area contributed by atoms with Gasteiger partial charge in [-0.25, -0.2) is 4.99 Å². The van der Waals surface area contributed by atoms with E-state index in [9.17, 15) is 0 Å². The summed E-state index contributed by atoms with van der Waals surface area (Å²) < 4.78 is 6.61. The topological polar surface area (TPSA) is 21.6 Å². The summed E-state index contributed by atoms with van der Waals surface area (Å²) in [6.45, 7) is 4.29. The Morgan fingerprint density at radius 3 is 2.08 bits per heavy atom. The van der Waals surface area contributed by atoms with E-state index < -0.39 is 0 Å². The second-order valence-electron chi connectivity index (χ2n) is 9.23. The summed E-state index contributed by atoms with van der Waals surface area (Å²) in [5.74, 6) is 1.56. The Balaban J connectivity index is 1.46. The van der Waals surface area contributed by atoms with Crippen molar-refractivity contribution in [2.45, 2.75) is 53.9 Å². The number of rotatable bonds is 8. The van der Waals surface area contributed by atoms with Crippen molar-refractivity contribution >= 4 is 35.1 Å². The van der Waals surface area contributed by atoms with Gasteiger partial charge in [-0.2, -0.15) is 0 Å². The highest BCUT2D eigenvalue weighted by atomic mass is 32.2. The Morgan fingerprint density at radius 1 is 0.750 bits per heavy atom. The third kappa shape index (κ3) is 6.83. The van der Waals surface area contributed by atoms with Crippen LogP contribution in [0.4, 0.5) is 5.69 Å². The first-order valence-electron chi connectivity index (χ1n) is 12.5. The number of thioether (sulfide) groups is 2. The van der Waals surface area contributed by atoms with Gasteiger partial charge in [0.25, 0.3) is 0 Å². The Morgan fingerprint density at radius 2 is 1.42 bits per heavy atom. The molecule has 0 saturated heterocycles. The van der Waals surface area contributed by atoms with Gasteiger partial charge in [0.05, 0.1) is 10.3 Å². The van der Waals surface area contributed by atoms with Crippen molar-refractivity contribution in [2.75, 3.05) is 0 Å². The molecule has 0 fully saturated rings. The van der Waals surface area contributed by atoms with Crippen LogP contribution in [0.3, 0.4) is 0 Å². The SMILES string of the molecule is Cc1cccc(SC(CC(=Nc2ccc3c(c2)CCC3)Oc2ccccc2)Sc2cccc(C)c2)c1. The normalized spacial score (nSPS) is 13.1. The number of hydrogen-bond donors (Lipinski definition) is 0. The van der Waals surface area contributed by atoms with Crippen LogP contribution in [-0.4, -0.2) is 10.5 Å². The van der Waals surface area contributed by atoms with E-state index >= 15 is 0 Å². The van der Waals surface area contributed by atoms with Crippen molar-refractivity contribution < 1.29 is 4.74 Å². The Kier molecular flexibility index (Phi) is 8.15. The molecule has 1 aliphatic carbocycles. The number of benzene rings is 4. The van der Waals surface area contributed by atoms with E-state index in [2.05, 4.69) is 80.6 Å². The summed E-state index contributed by atoms with van der Waals surface area (Å²) in [4.78, 5) is 7.58. The maximum absolute atomic E-state index is 6.41. The molecule has 4 aromatic carbocycles. The van der Waals surface area contributed by atoms with Gasteiger partial charge < -0.3 is 4.74 Å². The zero-order valence-electron chi connectivity index (χ0n) is 20.8. The Bertz CT molecular complexity index is 1300. The summed E-state index contributed by atoms with van der Waals surface area (Å²) in [5, 5.41) is 0. The summed E-state index contributed by atoms with van der Waals surface area (Å²) in [6, 6.07) is 34.1. The third-order valence-corrected chi connectivity index (χ3v) is 8.66. The zero-order valence-corrected chi connectivity index (χ0v) is 22.4. The van der Waals surface area contributed by atoms with Gasteiger partial charge in [0.2, 0.25) is 0 Å². The molecule has 0 aliphatic heterocycles. The lowest BCUT2D eigenvalue weighted by molar-refractivity contribution is 0.535. The maximum Gasteiger partial charge on any atom is 0.197 e. The van der Waals surface area contributed by atoms with Crippen LogP contribution in [0.15, 0.2) is 112 Å². The van der Waals surface area contributed by atoms with E-state index in [0.29, 0.717) is 6.42 Å². The highest BCUT2D eigenvalue weighted by molar-refractivity contribution is 8.17. The van der Waals surface area contributed by atoms with Gasteiger partial charge in [0.15, 0.2) is 5.90 Å². The first-order valence-corrected chi connectivity index (χ1v) is 14.3. The van der Waals surface area contributed by atoms with Crippen LogP contribution < -0.4 is 4.74 Å². The van der Waals surface area contributed by atoms with E-state index in [0.717, 1.165) is 23.8 Å². The first kappa shape index (κ1) is 24.7. The number of hydrogen-bond acceptors (Lipinski definition) is 4. The molecule has 0 saturated carbocycles. The number of aliphatic imine (C=N–C) groups is 1. The van der Waals surface area contributed by atoms with Gasteiger partial charge in [0.1, 0.15) is 5.75 Å². The summed E-state index contributed by atoms with van der Waals surface area (Å²) in [5.41, 5.74) is 6.40. The minimum Gasteiger partial charge on any atom is -0.443 e. The van der Waals surface area contributed by atoms with Crippen LogP contribution in [0.1, 0.15) is 35.1 Å². The molecular weight excluding hydrogens is 478 g/mol. The molecule has 0 radical (unpaired) electrons. The number of nitrogens with zero attached hydrogens (tertiary/aromatic N) is 1. The second-order valence-corrected chi connectivity index (χ2v) is 12.1. The molecule has 0 N–H and O–H groups in total. The Hall–Kier alpha value is -2.95. The lowest BCUT2D eigenvalue weighted by atomic mass is 10.1. The lowest BCUT2D eigenvalue weighted by Gasteiger charge is -2.19. The molecule has 0 unspecified atom stereocenters. The van der Waals surface area contributed by atoms with Crippen LogP contribution in [0, 0.1) is 13.8 Å². The third-order valence-electron chi connectivity index (χ3n) is 6.17. The summed E-state index contributed by atoms with van der Waals surface area (Å²) in [6.07, 6.45) is 4.25. The first-order chi connectivity index (χ1) is 17.6. The molecule has 2 nitrogen and oxygen atoms in total. The summed E-state index contributed by atoms with van der Waals surface area (Å²) in [7, 11) is 0. The van der Waals surface area contributed by atoms with Crippen LogP contribution in [0.2, 0.25) is 0 Å². The number of para-hydroxylation sites is 1. The molecule has 36 heavy (non-hydrogen) atoms. The molecule has 0 amide bonds. The minimum absolute atomic E-state index is 0.200. The van der Waals surface area contributed by atoms with Crippen LogP contribution in [0.5, 0.6) is 5.75 Å². The van der Waals surface area contributed by atoms with Gasteiger partial charge in [0, 0.05) is 16.2 Å². The molecule has 0 heterocycles. The quantitative estimate of drug-likeness (QED) is 0.102. The van der Waals surface area contributed by atoms with E-state index in [1.54, 1.807) is 0 Å². The maximum atomic E-state index is 6.41. The predicted molar refractivity (Wildman–Crippen MR) is 155 cm³/mol. The highest BCUT2D eigenvalue weighted by Crippen LogP contribution is 2.39. The minimum atomic E-state index is 0.200. The van der Waals surface area contributed by atoms with Crippen molar-refractivity contribution in [3.8, 4) is 5.75 Å². The number of ether oxygens (including phenoxy) is 1. The van der Waals surface area contributed by atoms with E-state index in [4.69, 9.17) is 9.73 Å². The van der Waals surface area contributed by atoms with E-state index in [1.807, 2.05) is 53.9 Å². The Labute approximate surface area is 223 Å². The number of fused-ring (bicyclic) bond motifs is 1. The monoisotopic (exact) mass is 509 g/mol. The van der Waals surface area contributed by atoms with Crippen molar-refractivity contribution in [2.24, 2.45) is 4.99 Å². The smallest absolute Gasteiger partial charge is 0.197 e. The molecule has 0 bridgehead atoms. The van der Waals surface area contributed by atoms with Gasteiger partial charge in [-0.05, 0) is 92.8 Å². The van der Waals surface area contributed by atoms with Gasteiger partial charge in [-0.15, -0.1) is 23.5 Å². The fraction of sp³-hybridized carbons (Fsp3) is 0.219. The highest BCUT2D eigenvalue weighted by Gasteiger charge is 2.19.